The van der Waals surface area contributed by atoms with Gasteiger partial charge in [-0.15, -0.1) is 0 Å². The molecular formula is C32H31N2+. The van der Waals surface area contributed by atoms with Crippen molar-refractivity contribution in [1.29, 1.82) is 0 Å². The predicted molar refractivity (Wildman–Crippen MR) is 146 cm³/mol. The SMILES string of the molecule is C[N+]1=C(C=CCC2=Nc3ccc4ccccc4c3C2(C)C)C(C)(C)c2ccc3ccccc3c21. The van der Waals surface area contributed by atoms with Crippen molar-refractivity contribution in [1.82, 2.24) is 0 Å². The van der Waals surface area contributed by atoms with E-state index in [1.807, 2.05) is 0 Å². The monoisotopic (exact) mass is 443 g/mol. The summed E-state index contributed by atoms with van der Waals surface area (Å²) in [5, 5.41) is 5.22. The molecule has 0 aliphatic carbocycles. The fourth-order valence-electron chi connectivity index (χ4n) is 6.14. The van der Waals surface area contributed by atoms with E-state index in [1.54, 1.807) is 0 Å². The Bertz CT molecular complexity index is 1580. The molecule has 0 atom stereocenters. The maximum atomic E-state index is 5.10. The largest absolute Gasteiger partial charge is 0.256 e. The Morgan fingerprint density at radius 1 is 0.765 bits per heavy atom. The Labute approximate surface area is 202 Å². The van der Waals surface area contributed by atoms with Crippen molar-refractivity contribution in [3.63, 3.8) is 0 Å². The average Bonchev–Trinajstić information content (AvgIpc) is 3.20. The fraction of sp³-hybridized carbons (Fsp3) is 0.250. The third-order valence-corrected chi connectivity index (χ3v) is 8.01. The summed E-state index contributed by atoms with van der Waals surface area (Å²) in [6.07, 6.45) is 5.49. The summed E-state index contributed by atoms with van der Waals surface area (Å²) in [6.45, 7) is 9.31. The van der Waals surface area contributed by atoms with Crippen LogP contribution in [0.1, 0.15) is 45.2 Å². The maximum absolute atomic E-state index is 5.10. The molecule has 0 N–H and O–H groups in total. The minimum atomic E-state index is -0.0819. The van der Waals surface area contributed by atoms with Gasteiger partial charge in [-0.3, -0.25) is 4.99 Å². The van der Waals surface area contributed by atoms with Gasteiger partial charge < -0.3 is 0 Å². The molecule has 0 radical (unpaired) electrons. The highest BCUT2D eigenvalue weighted by atomic mass is 15.0. The molecule has 2 heteroatoms. The van der Waals surface area contributed by atoms with E-state index in [9.17, 15) is 0 Å². The molecule has 0 spiro atoms. The molecule has 2 nitrogen and oxygen atoms in total. The second kappa shape index (κ2) is 7.24. The van der Waals surface area contributed by atoms with Gasteiger partial charge in [-0.25, -0.2) is 0 Å². The lowest BCUT2D eigenvalue weighted by atomic mass is 9.77. The molecule has 2 heterocycles. The third-order valence-electron chi connectivity index (χ3n) is 8.01. The minimum Gasteiger partial charge on any atom is -0.256 e. The van der Waals surface area contributed by atoms with E-state index in [0.29, 0.717) is 0 Å². The molecule has 168 valence electrons. The van der Waals surface area contributed by atoms with E-state index < -0.39 is 0 Å². The van der Waals surface area contributed by atoms with Gasteiger partial charge in [-0.05, 0) is 47.7 Å². The molecule has 2 aliphatic heterocycles. The molecular weight excluding hydrogens is 412 g/mol. The number of rotatable bonds is 3. The summed E-state index contributed by atoms with van der Waals surface area (Å²) < 4.78 is 2.39. The Morgan fingerprint density at radius 3 is 2.18 bits per heavy atom. The van der Waals surface area contributed by atoms with Crippen LogP contribution in [0.15, 0.2) is 89.9 Å². The molecule has 0 saturated carbocycles. The van der Waals surface area contributed by atoms with Crippen molar-refractivity contribution in [3.8, 4) is 0 Å². The molecule has 34 heavy (non-hydrogen) atoms. The molecule has 4 aromatic carbocycles. The molecule has 2 aliphatic rings. The van der Waals surface area contributed by atoms with E-state index in [2.05, 4.69) is 124 Å². The molecule has 0 amide bonds. The van der Waals surface area contributed by atoms with Gasteiger partial charge in [0.05, 0.1) is 16.5 Å². The Kier molecular flexibility index (Phi) is 4.48. The summed E-state index contributed by atoms with van der Waals surface area (Å²) >= 11 is 0. The van der Waals surface area contributed by atoms with Crippen LogP contribution in [0, 0.1) is 0 Å². The van der Waals surface area contributed by atoms with Gasteiger partial charge in [0.25, 0.3) is 0 Å². The lowest BCUT2D eigenvalue weighted by molar-refractivity contribution is -0.399. The Morgan fingerprint density at radius 2 is 1.41 bits per heavy atom. The highest BCUT2D eigenvalue weighted by Crippen LogP contribution is 2.46. The van der Waals surface area contributed by atoms with Crippen LogP contribution in [-0.4, -0.2) is 23.0 Å². The van der Waals surface area contributed by atoms with Crippen LogP contribution in [-0.2, 0) is 10.8 Å². The summed E-state index contributed by atoms with van der Waals surface area (Å²) in [7, 11) is 2.21. The van der Waals surface area contributed by atoms with E-state index >= 15 is 0 Å². The highest BCUT2D eigenvalue weighted by molar-refractivity contribution is 6.09. The van der Waals surface area contributed by atoms with Crippen LogP contribution in [0.5, 0.6) is 0 Å². The molecule has 0 aromatic heterocycles. The zero-order valence-corrected chi connectivity index (χ0v) is 20.7. The van der Waals surface area contributed by atoms with Crippen molar-refractivity contribution in [3.05, 3.63) is 96.1 Å². The van der Waals surface area contributed by atoms with Gasteiger partial charge in [-0.2, -0.15) is 4.58 Å². The normalized spacial score (nSPS) is 18.1. The van der Waals surface area contributed by atoms with Gasteiger partial charge in [-0.1, -0.05) is 80.6 Å². The lowest BCUT2D eigenvalue weighted by Gasteiger charge is -2.23. The van der Waals surface area contributed by atoms with Crippen LogP contribution in [0.4, 0.5) is 11.4 Å². The average molecular weight is 444 g/mol. The van der Waals surface area contributed by atoms with Gasteiger partial charge in [0.2, 0.25) is 5.69 Å². The number of fused-ring (bicyclic) bond motifs is 6. The fourth-order valence-corrected chi connectivity index (χ4v) is 6.14. The van der Waals surface area contributed by atoms with Crippen molar-refractivity contribution in [2.75, 3.05) is 7.05 Å². The van der Waals surface area contributed by atoms with Crippen LogP contribution in [0.25, 0.3) is 21.5 Å². The maximum Gasteiger partial charge on any atom is 0.217 e. The van der Waals surface area contributed by atoms with Crippen molar-refractivity contribution in [2.45, 2.75) is 44.9 Å². The number of nitrogens with zero attached hydrogens (tertiary/aromatic N) is 2. The summed E-state index contributed by atoms with van der Waals surface area (Å²) in [5.41, 5.74) is 7.65. The molecule has 0 fully saturated rings. The first kappa shape index (κ1) is 21.0. The number of hydrogen-bond donors (Lipinski definition) is 0. The van der Waals surface area contributed by atoms with E-state index in [-0.39, 0.29) is 10.8 Å². The summed E-state index contributed by atoms with van der Waals surface area (Å²) in [4.78, 5) is 5.10. The lowest BCUT2D eigenvalue weighted by Crippen LogP contribution is -2.27. The van der Waals surface area contributed by atoms with Crippen LogP contribution in [0.2, 0.25) is 0 Å². The van der Waals surface area contributed by atoms with Gasteiger partial charge in [0, 0.05) is 29.2 Å². The molecule has 0 saturated heterocycles. The number of benzene rings is 4. The van der Waals surface area contributed by atoms with E-state index in [1.165, 1.54) is 49.8 Å². The first-order chi connectivity index (χ1) is 16.3. The van der Waals surface area contributed by atoms with Crippen molar-refractivity contribution >= 4 is 44.3 Å². The molecule has 6 rings (SSSR count). The minimum absolute atomic E-state index is 0.0449. The van der Waals surface area contributed by atoms with Crippen molar-refractivity contribution < 1.29 is 4.58 Å². The topological polar surface area (TPSA) is 15.4 Å². The standard InChI is InChI=1S/C32H31N2/c1-31(2)25-19-17-22-12-7-9-14-24(22)30(25)34(5)28(31)16-10-15-27-32(3,4)29-23-13-8-6-11-21(23)18-20-26(29)33-27/h6-14,16-20H,15H2,1-5H3/q+1. The first-order valence-corrected chi connectivity index (χ1v) is 12.2. The first-order valence-electron chi connectivity index (χ1n) is 12.2. The number of aliphatic imine (C=N–C) groups is 1. The zero-order valence-electron chi connectivity index (χ0n) is 20.7. The molecule has 4 aromatic rings. The highest BCUT2D eigenvalue weighted by Gasteiger charge is 2.44. The second-order valence-corrected chi connectivity index (χ2v) is 10.7. The predicted octanol–water partition coefficient (Wildman–Crippen LogP) is 8.01. The van der Waals surface area contributed by atoms with E-state index in [4.69, 9.17) is 4.99 Å². The Hall–Kier alpha value is -3.52. The van der Waals surface area contributed by atoms with Gasteiger partial charge in [0.1, 0.15) is 7.05 Å². The molecule has 0 unspecified atom stereocenters. The summed E-state index contributed by atoms with van der Waals surface area (Å²) in [5.74, 6) is 0. The summed E-state index contributed by atoms with van der Waals surface area (Å²) in [6, 6.07) is 26.3. The number of hydrogen-bond acceptors (Lipinski definition) is 1. The Balaban J connectivity index is 1.35. The van der Waals surface area contributed by atoms with Crippen LogP contribution < -0.4 is 0 Å². The van der Waals surface area contributed by atoms with Crippen molar-refractivity contribution in [2.24, 2.45) is 4.99 Å². The van der Waals surface area contributed by atoms with E-state index in [0.717, 1.165) is 12.1 Å². The molecule has 0 bridgehead atoms. The quantitative estimate of drug-likeness (QED) is 0.285. The smallest absolute Gasteiger partial charge is 0.217 e. The van der Waals surface area contributed by atoms with Crippen LogP contribution in [0.3, 0.4) is 0 Å². The van der Waals surface area contributed by atoms with Gasteiger partial charge >= 0.3 is 0 Å². The van der Waals surface area contributed by atoms with Crippen LogP contribution >= 0.6 is 0 Å². The second-order valence-electron chi connectivity index (χ2n) is 10.7. The van der Waals surface area contributed by atoms with Gasteiger partial charge in [0.15, 0.2) is 5.71 Å². The number of allylic oxidation sites excluding steroid dienone is 2. The zero-order chi connectivity index (χ0) is 23.7. The third kappa shape index (κ3) is 2.88.